The number of aryl methyl sites for hydroxylation is 1. The highest BCUT2D eigenvalue weighted by atomic mass is 19.1. The van der Waals surface area contributed by atoms with Crippen LogP contribution in [0, 0.1) is 11.7 Å². The average Bonchev–Trinajstić information content (AvgIpc) is 2.82. The molecule has 0 atom stereocenters. The fourth-order valence-electron chi connectivity index (χ4n) is 2.94. The minimum Gasteiger partial charge on any atom is -0.457 e. The van der Waals surface area contributed by atoms with Crippen molar-refractivity contribution in [2.45, 2.75) is 32.3 Å². The normalized spacial score (nSPS) is 19.3. The standard InChI is InChI=1S/C15H18FNO2/c16-14-11(2-1-10-5-7-17-8-6-10)3-4-12-13(14)9-19-15(12)18/h3-4,10,17H,1-2,5-9H2. The Balaban J connectivity index is 1.70. The zero-order chi connectivity index (χ0) is 13.2. The maximum atomic E-state index is 14.3. The second-order valence-corrected chi connectivity index (χ2v) is 5.37. The van der Waals surface area contributed by atoms with Crippen LogP contribution in [-0.2, 0) is 17.8 Å². The van der Waals surface area contributed by atoms with Crippen LogP contribution in [0.3, 0.4) is 0 Å². The van der Waals surface area contributed by atoms with E-state index in [9.17, 15) is 9.18 Å². The van der Waals surface area contributed by atoms with Crippen LogP contribution < -0.4 is 5.32 Å². The third-order valence-corrected chi connectivity index (χ3v) is 4.17. The van der Waals surface area contributed by atoms with Crippen LogP contribution in [0.25, 0.3) is 0 Å². The van der Waals surface area contributed by atoms with Crippen LogP contribution in [0.5, 0.6) is 0 Å². The molecule has 1 saturated heterocycles. The Labute approximate surface area is 112 Å². The molecule has 0 spiro atoms. The number of fused-ring (bicyclic) bond motifs is 1. The number of carbonyl (C=O) groups excluding carboxylic acids is 1. The van der Waals surface area contributed by atoms with Gasteiger partial charge in [0.1, 0.15) is 12.4 Å². The molecule has 0 aliphatic carbocycles. The van der Waals surface area contributed by atoms with Crippen molar-refractivity contribution in [1.29, 1.82) is 0 Å². The fraction of sp³-hybridized carbons (Fsp3) is 0.533. The molecule has 2 aliphatic rings. The third-order valence-electron chi connectivity index (χ3n) is 4.17. The summed E-state index contributed by atoms with van der Waals surface area (Å²) in [4.78, 5) is 11.3. The molecule has 3 nitrogen and oxygen atoms in total. The predicted octanol–water partition coefficient (Wildman–Crippen LogP) is 2.43. The maximum Gasteiger partial charge on any atom is 0.338 e. The van der Waals surface area contributed by atoms with Crippen LogP contribution >= 0.6 is 0 Å². The first kappa shape index (κ1) is 12.6. The number of nitrogens with one attached hydrogen (secondary N) is 1. The quantitative estimate of drug-likeness (QED) is 0.851. The number of cyclic esters (lactones) is 1. The third kappa shape index (κ3) is 2.50. The van der Waals surface area contributed by atoms with Crippen LogP contribution in [0.15, 0.2) is 12.1 Å². The Morgan fingerprint density at radius 2 is 2.11 bits per heavy atom. The van der Waals surface area contributed by atoms with Gasteiger partial charge in [0, 0.05) is 5.56 Å². The van der Waals surface area contributed by atoms with Crippen molar-refractivity contribution in [3.05, 3.63) is 34.6 Å². The highest BCUT2D eigenvalue weighted by molar-refractivity contribution is 5.93. The lowest BCUT2D eigenvalue weighted by molar-refractivity contribution is 0.0534. The van der Waals surface area contributed by atoms with Gasteiger partial charge in [-0.05, 0) is 56.3 Å². The van der Waals surface area contributed by atoms with Gasteiger partial charge >= 0.3 is 5.97 Å². The number of rotatable bonds is 3. The van der Waals surface area contributed by atoms with Crippen molar-refractivity contribution in [3.63, 3.8) is 0 Å². The molecule has 1 fully saturated rings. The Kier molecular flexibility index (Phi) is 3.51. The zero-order valence-corrected chi connectivity index (χ0v) is 10.9. The molecule has 3 rings (SSSR count). The van der Waals surface area contributed by atoms with Crippen LogP contribution in [0.1, 0.15) is 40.7 Å². The van der Waals surface area contributed by atoms with Crippen LogP contribution in [0.4, 0.5) is 4.39 Å². The molecule has 1 aromatic rings. The van der Waals surface area contributed by atoms with Gasteiger partial charge in [-0.25, -0.2) is 9.18 Å². The number of halogens is 1. The van der Waals surface area contributed by atoms with Crippen molar-refractivity contribution in [2.75, 3.05) is 13.1 Å². The number of hydrogen-bond acceptors (Lipinski definition) is 3. The monoisotopic (exact) mass is 263 g/mol. The molecular formula is C15H18FNO2. The summed E-state index contributed by atoms with van der Waals surface area (Å²) < 4.78 is 19.1. The van der Waals surface area contributed by atoms with Gasteiger partial charge in [0.25, 0.3) is 0 Å². The van der Waals surface area contributed by atoms with E-state index in [0.717, 1.165) is 31.5 Å². The Hall–Kier alpha value is -1.42. The Morgan fingerprint density at radius 3 is 2.89 bits per heavy atom. The lowest BCUT2D eigenvalue weighted by atomic mass is 9.90. The molecule has 0 bridgehead atoms. The number of hydrogen-bond donors (Lipinski definition) is 1. The second kappa shape index (κ2) is 5.29. The van der Waals surface area contributed by atoms with E-state index in [4.69, 9.17) is 4.74 Å². The van der Waals surface area contributed by atoms with Gasteiger partial charge in [-0.15, -0.1) is 0 Å². The van der Waals surface area contributed by atoms with Gasteiger partial charge in [0.2, 0.25) is 0 Å². The summed E-state index contributed by atoms with van der Waals surface area (Å²) in [6.07, 6.45) is 4.12. The topological polar surface area (TPSA) is 38.3 Å². The molecule has 0 aromatic heterocycles. The summed E-state index contributed by atoms with van der Waals surface area (Å²) in [5.41, 5.74) is 1.55. The highest BCUT2D eigenvalue weighted by Gasteiger charge is 2.26. The van der Waals surface area contributed by atoms with E-state index in [0.29, 0.717) is 17.0 Å². The van der Waals surface area contributed by atoms with Gasteiger partial charge in [0.15, 0.2) is 0 Å². The van der Waals surface area contributed by atoms with E-state index in [1.165, 1.54) is 12.8 Å². The van der Waals surface area contributed by atoms with Crippen molar-refractivity contribution in [3.8, 4) is 0 Å². The van der Waals surface area contributed by atoms with Gasteiger partial charge in [-0.2, -0.15) is 0 Å². The lowest BCUT2D eigenvalue weighted by Crippen LogP contribution is -2.27. The number of piperidine rings is 1. The first-order valence-electron chi connectivity index (χ1n) is 6.94. The van der Waals surface area contributed by atoms with Crippen LogP contribution in [0.2, 0.25) is 0 Å². The van der Waals surface area contributed by atoms with Gasteiger partial charge in [-0.1, -0.05) is 6.07 Å². The summed E-state index contributed by atoms with van der Waals surface area (Å²) in [6.45, 7) is 2.22. The van der Waals surface area contributed by atoms with E-state index in [1.54, 1.807) is 12.1 Å². The molecule has 4 heteroatoms. The number of carbonyl (C=O) groups is 1. The smallest absolute Gasteiger partial charge is 0.338 e. The van der Waals surface area contributed by atoms with Crippen molar-refractivity contribution >= 4 is 5.97 Å². The van der Waals surface area contributed by atoms with Crippen molar-refractivity contribution in [1.82, 2.24) is 5.32 Å². The zero-order valence-electron chi connectivity index (χ0n) is 10.9. The molecule has 0 unspecified atom stereocenters. The van der Waals surface area contributed by atoms with Crippen molar-refractivity contribution < 1.29 is 13.9 Å². The average molecular weight is 263 g/mol. The minimum atomic E-state index is -0.404. The minimum absolute atomic E-state index is 0.0845. The molecule has 1 N–H and O–H groups in total. The van der Waals surface area contributed by atoms with E-state index in [-0.39, 0.29) is 12.4 Å². The second-order valence-electron chi connectivity index (χ2n) is 5.37. The van der Waals surface area contributed by atoms with E-state index in [2.05, 4.69) is 5.32 Å². The summed E-state index contributed by atoms with van der Waals surface area (Å²) in [5.74, 6) is 0.0443. The van der Waals surface area contributed by atoms with Crippen molar-refractivity contribution in [2.24, 2.45) is 5.92 Å². The molecule has 2 aliphatic heterocycles. The van der Waals surface area contributed by atoms with Crippen LogP contribution in [-0.4, -0.2) is 19.1 Å². The molecule has 0 saturated carbocycles. The van der Waals surface area contributed by atoms with E-state index in [1.807, 2.05) is 0 Å². The maximum absolute atomic E-state index is 14.3. The molecule has 0 amide bonds. The number of benzene rings is 1. The van der Waals surface area contributed by atoms with Gasteiger partial charge in [-0.3, -0.25) is 0 Å². The SMILES string of the molecule is O=C1OCc2c1ccc(CCC1CCNCC1)c2F. The molecule has 19 heavy (non-hydrogen) atoms. The summed E-state index contributed by atoms with van der Waals surface area (Å²) in [6, 6.07) is 3.44. The van der Waals surface area contributed by atoms with E-state index < -0.39 is 5.97 Å². The Bertz CT molecular complexity index is 495. The summed E-state index contributed by atoms with van der Waals surface area (Å²) in [5, 5.41) is 3.34. The first-order valence-corrected chi connectivity index (χ1v) is 6.94. The van der Waals surface area contributed by atoms with Gasteiger partial charge < -0.3 is 10.1 Å². The molecule has 1 aromatic carbocycles. The molecule has 0 radical (unpaired) electrons. The largest absolute Gasteiger partial charge is 0.457 e. The summed E-state index contributed by atoms with van der Waals surface area (Å²) in [7, 11) is 0. The summed E-state index contributed by atoms with van der Waals surface area (Å²) >= 11 is 0. The molecule has 102 valence electrons. The molecule has 2 heterocycles. The van der Waals surface area contributed by atoms with Gasteiger partial charge in [0.05, 0.1) is 5.56 Å². The Morgan fingerprint density at radius 1 is 1.32 bits per heavy atom. The van der Waals surface area contributed by atoms with E-state index >= 15 is 0 Å². The number of esters is 1. The fourth-order valence-corrected chi connectivity index (χ4v) is 2.94. The number of ether oxygens (including phenoxy) is 1. The predicted molar refractivity (Wildman–Crippen MR) is 69.4 cm³/mol. The highest BCUT2D eigenvalue weighted by Crippen LogP contribution is 2.27. The molecular weight excluding hydrogens is 245 g/mol. The lowest BCUT2D eigenvalue weighted by Gasteiger charge is -2.22. The first-order chi connectivity index (χ1) is 9.25.